The summed E-state index contributed by atoms with van der Waals surface area (Å²) in [5, 5.41) is 10.4. The van der Waals surface area contributed by atoms with Crippen molar-refractivity contribution in [2.75, 3.05) is 18.5 Å². The van der Waals surface area contributed by atoms with Crippen molar-refractivity contribution in [1.29, 1.82) is 0 Å². The summed E-state index contributed by atoms with van der Waals surface area (Å²) < 4.78 is 6.56. The third-order valence-corrected chi connectivity index (χ3v) is 8.40. The molecule has 3 aromatic heterocycles. The molecular weight excluding hydrogens is 527 g/mol. The summed E-state index contributed by atoms with van der Waals surface area (Å²) in [4.78, 5) is 46.1. The molecule has 192 valence electrons. The number of anilines is 1. The highest BCUT2D eigenvalue weighted by Crippen LogP contribution is 2.57. The predicted octanol–water partition coefficient (Wildman–Crippen LogP) is 4.30. The summed E-state index contributed by atoms with van der Waals surface area (Å²) in [6.45, 7) is 0.563. The summed E-state index contributed by atoms with van der Waals surface area (Å²) in [6.07, 6.45) is 6.52. The first-order valence-corrected chi connectivity index (χ1v) is 13.1. The summed E-state index contributed by atoms with van der Waals surface area (Å²) in [7, 11) is 3.17. The number of thiophene rings is 1. The maximum Gasteiger partial charge on any atom is 0.311 e. The molecule has 0 radical (unpaired) electrons. The van der Waals surface area contributed by atoms with Crippen LogP contribution in [0.1, 0.15) is 59.4 Å². The molecule has 13 heteroatoms. The van der Waals surface area contributed by atoms with Gasteiger partial charge in [-0.3, -0.25) is 23.9 Å². The molecule has 3 saturated carbocycles. The predicted molar refractivity (Wildman–Crippen MR) is 137 cm³/mol. The number of carbonyl (C=O) groups excluding carboxylic acids is 3. The monoisotopic (exact) mass is 552 g/mol. The van der Waals surface area contributed by atoms with Gasteiger partial charge in [0.05, 0.1) is 12.5 Å². The van der Waals surface area contributed by atoms with E-state index in [2.05, 4.69) is 25.2 Å². The van der Waals surface area contributed by atoms with Crippen molar-refractivity contribution in [3.8, 4) is 0 Å². The van der Waals surface area contributed by atoms with E-state index in [-0.39, 0.29) is 33.6 Å². The average molecular weight is 553 g/mol. The molecular formula is C23H26Cl2N6O4S. The fourth-order valence-electron chi connectivity index (χ4n) is 5.11. The first kappa shape index (κ1) is 26.3. The molecule has 0 aromatic carbocycles. The van der Waals surface area contributed by atoms with Gasteiger partial charge in [0, 0.05) is 36.3 Å². The van der Waals surface area contributed by atoms with Gasteiger partial charge in [0.25, 0.3) is 11.1 Å². The zero-order chi connectivity index (χ0) is 25.9. The quantitative estimate of drug-likeness (QED) is 0.263. The third kappa shape index (κ3) is 5.05. The Morgan fingerprint density at radius 1 is 1.17 bits per heavy atom. The van der Waals surface area contributed by atoms with Gasteiger partial charge in [-0.25, -0.2) is 9.97 Å². The van der Waals surface area contributed by atoms with Gasteiger partial charge in [-0.05, 0) is 67.0 Å². The smallest absolute Gasteiger partial charge is 0.311 e. The average Bonchev–Trinajstić information content (AvgIpc) is 3.57. The largest absolute Gasteiger partial charge is 0.469 e. The number of rotatable bonds is 6. The van der Waals surface area contributed by atoms with Gasteiger partial charge in [0.1, 0.15) is 17.4 Å². The normalized spacial score (nSPS) is 22.4. The van der Waals surface area contributed by atoms with E-state index in [0.29, 0.717) is 29.0 Å². The number of aryl methyl sites for hydroxylation is 1. The number of amides is 1. The van der Waals surface area contributed by atoms with Crippen molar-refractivity contribution in [2.45, 2.75) is 38.5 Å². The molecule has 1 amide bonds. The SMILES string of the molecule is COC(=O)C12CCC(CNC(=O)c3ncnc4c(NCl)nn(C)c34)(CC1)CC2.O=C(Cl)c1ccsc1. The van der Waals surface area contributed by atoms with Crippen LogP contribution in [0.5, 0.6) is 0 Å². The second-order valence-corrected chi connectivity index (χ2v) is 10.5. The number of ether oxygens (including phenoxy) is 1. The molecule has 0 spiro atoms. The van der Waals surface area contributed by atoms with E-state index >= 15 is 0 Å². The molecule has 3 aromatic rings. The maximum atomic E-state index is 12.9. The molecule has 36 heavy (non-hydrogen) atoms. The van der Waals surface area contributed by atoms with Gasteiger partial charge >= 0.3 is 5.97 Å². The zero-order valence-corrected chi connectivity index (χ0v) is 22.2. The van der Waals surface area contributed by atoms with Crippen LogP contribution in [-0.2, 0) is 16.6 Å². The van der Waals surface area contributed by atoms with E-state index in [1.54, 1.807) is 23.2 Å². The number of hydrogen-bond donors (Lipinski definition) is 2. The number of fused-ring (bicyclic) bond motifs is 4. The van der Waals surface area contributed by atoms with E-state index < -0.39 is 0 Å². The lowest BCUT2D eigenvalue weighted by Crippen LogP contribution is -2.50. The van der Waals surface area contributed by atoms with Crippen molar-refractivity contribution >= 4 is 68.7 Å². The lowest BCUT2D eigenvalue weighted by Gasteiger charge is -2.51. The molecule has 0 unspecified atom stereocenters. The van der Waals surface area contributed by atoms with E-state index in [1.165, 1.54) is 24.8 Å². The van der Waals surface area contributed by atoms with Gasteiger partial charge in [0.2, 0.25) is 0 Å². The van der Waals surface area contributed by atoms with Crippen LogP contribution in [-0.4, -0.2) is 50.5 Å². The molecule has 3 heterocycles. The van der Waals surface area contributed by atoms with E-state index in [9.17, 15) is 14.4 Å². The number of esters is 1. The second kappa shape index (κ2) is 10.7. The van der Waals surface area contributed by atoms with Crippen molar-refractivity contribution in [3.05, 3.63) is 34.4 Å². The van der Waals surface area contributed by atoms with E-state index in [1.807, 2.05) is 5.38 Å². The Hall–Kier alpha value is -2.76. The van der Waals surface area contributed by atoms with Crippen LogP contribution in [0.2, 0.25) is 0 Å². The minimum atomic E-state index is -0.383. The van der Waals surface area contributed by atoms with E-state index in [4.69, 9.17) is 28.1 Å². The molecule has 3 aliphatic rings. The number of nitrogens with zero attached hydrogens (tertiary/aromatic N) is 4. The van der Waals surface area contributed by atoms with Crippen LogP contribution in [0.15, 0.2) is 23.2 Å². The molecule has 3 fully saturated rings. The fourth-order valence-corrected chi connectivity index (χ4v) is 6.06. The van der Waals surface area contributed by atoms with Gasteiger partial charge in [-0.1, -0.05) is 0 Å². The molecule has 0 atom stereocenters. The van der Waals surface area contributed by atoms with Crippen molar-refractivity contribution in [1.82, 2.24) is 25.1 Å². The minimum absolute atomic E-state index is 0.0346. The van der Waals surface area contributed by atoms with Crippen LogP contribution in [0.25, 0.3) is 11.0 Å². The maximum absolute atomic E-state index is 12.9. The molecule has 6 rings (SSSR count). The van der Waals surface area contributed by atoms with Crippen LogP contribution in [0.3, 0.4) is 0 Å². The van der Waals surface area contributed by atoms with Gasteiger partial charge < -0.3 is 10.1 Å². The Morgan fingerprint density at radius 3 is 2.39 bits per heavy atom. The standard InChI is InChI=1S/C18H23ClN6O3.C5H3ClOS/c1-25-13-11(14(23-19)24-25)21-10-22-12(13)15(26)20-9-17-3-6-18(7-4-17,8-5-17)16(27)28-2;6-5(7)4-1-2-8-3-4/h10H,3-9H2,1-2H3,(H,20,26)(H,23,24);1-3H. The van der Waals surface area contributed by atoms with Gasteiger partial charge in [0.15, 0.2) is 11.5 Å². The summed E-state index contributed by atoms with van der Waals surface area (Å²) in [6, 6.07) is 1.69. The molecule has 2 bridgehead atoms. The summed E-state index contributed by atoms with van der Waals surface area (Å²) >= 11 is 12.3. The first-order chi connectivity index (χ1) is 17.2. The number of hydrogen-bond acceptors (Lipinski definition) is 9. The highest BCUT2D eigenvalue weighted by Gasteiger charge is 2.53. The Balaban J connectivity index is 0.000000325. The number of nitrogens with one attached hydrogen (secondary N) is 2. The zero-order valence-electron chi connectivity index (χ0n) is 19.8. The summed E-state index contributed by atoms with van der Waals surface area (Å²) in [5.41, 5.74) is 1.58. The molecule has 0 saturated heterocycles. The first-order valence-electron chi connectivity index (χ1n) is 11.4. The van der Waals surface area contributed by atoms with Crippen LogP contribution >= 0.6 is 34.7 Å². The Morgan fingerprint density at radius 2 is 1.86 bits per heavy atom. The van der Waals surface area contributed by atoms with Crippen LogP contribution in [0, 0.1) is 10.8 Å². The number of aromatic nitrogens is 4. The van der Waals surface area contributed by atoms with E-state index in [0.717, 1.165) is 38.5 Å². The number of carbonyl (C=O) groups is 3. The molecule has 10 nitrogen and oxygen atoms in total. The van der Waals surface area contributed by atoms with Crippen molar-refractivity contribution in [2.24, 2.45) is 17.9 Å². The van der Waals surface area contributed by atoms with Gasteiger partial charge in [-0.2, -0.15) is 16.4 Å². The highest BCUT2D eigenvalue weighted by molar-refractivity contribution is 7.08. The van der Waals surface area contributed by atoms with Crippen LogP contribution in [0.4, 0.5) is 5.82 Å². The highest BCUT2D eigenvalue weighted by atomic mass is 35.5. The summed E-state index contributed by atoms with van der Waals surface area (Å²) in [5.74, 6) is 0.0299. The topological polar surface area (TPSA) is 128 Å². The van der Waals surface area contributed by atoms with Gasteiger partial charge in [-0.15, -0.1) is 0 Å². The number of halogens is 2. The lowest BCUT2D eigenvalue weighted by molar-refractivity contribution is -0.162. The van der Waals surface area contributed by atoms with Crippen LogP contribution < -0.4 is 10.2 Å². The molecule has 3 aliphatic carbocycles. The van der Waals surface area contributed by atoms with Crippen molar-refractivity contribution in [3.63, 3.8) is 0 Å². The number of methoxy groups -OCH3 is 1. The molecule has 0 aliphatic heterocycles. The van der Waals surface area contributed by atoms with Crippen molar-refractivity contribution < 1.29 is 19.1 Å². The Kier molecular flexibility index (Phi) is 7.82. The lowest BCUT2D eigenvalue weighted by atomic mass is 9.53. The Bertz CT molecular complexity index is 1250. The fraction of sp³-hybridized carbons (Fsp3) is 0.478. The third-order valence-electron chi connectivity index (χ3n) is 7.32. The second-order valence-electron chi connectivity index (χ2n) is 9.23. The molecule has 2 N–H and O–H groups in total. The Labute approximate surface area is 221 Å². The minimum Gasteiger partial charge on any atom is -0.469 e.